The van der Waals surface area contributed by atoms with E-state index in [9.17, 15) is 4.39 Å². The van der Waals surface area contributed by atoms with Crippen LogP contribution in [0.5, 0.6) is 0 Å². The van der Waals surface area contributed by atoms with Crippen LogP contribution in [0.25, 0.3) is 0 Å². The summed E-state index contributed by atoms with van der Waals surface area (Å²) in [5.41, 5.74) is 1.20. The molecule has 15 heavy (non-hydrogen) atoms. The summed E-state index contributed by atoms with van der Waals surface area (Å²) >= 11 is 0. The highest BCUT2D eigenvalue weighted by Crippen LogP contribution is 2.21. The van der Waals surface area contributed by atoms with Gasteiger partial charge in [0.15, 0.2) is 0 Å². The van der Waals surface area contributed by atoms with E-state index in [4.69, 9.17) is 0 Å². The lowest BCUT2D eigenvalue weighted by molar-refractivity contribution is -0.00000365. The molecular weight excluding hydrogens is 305 g/mol. The van der Waals surface area contributed by atoms with E-state index in [-0.39, 0.29) is 29.8 Å². The summed E-state index contributed by atoms with van der Waals surface area (Å²) < 4.78 is 13.7. The standard InChI is InChI=1S/C11H16FN2.HI/c1-14(8-6-13-7-9-14)11-4-2-10(12)3-5-11;/h2-5,13H,6-9H2,1H3;1H/q+1;/p-1/i12-1;. The summed E-state index contributed by atoms with van der Waals surface area (Å²) in [6.07, 6.45) is 0. The zero-order valence-corrected chi connectivity index (χ0v) is 11.0. The number of nitrogens with one attached hydrogen (secondary N) is 1. The number of benzene rings is 1. The molecule has 0 radical (unpaired) electrons. The van der Waals surface area contributed by atoms with Crippen LogP contribution in [-0.4, -0.2) is 33.2 Å². The third-order valence-corrected chi connectivity index (χ3v) is 3.01. The normalized spacial score (nSPS) is 19.3. The average molecular weight is 321 g/mol. The second kappa shape index (κ2) is 5.23. The van der Waals surface area contributed by atoms with E-state index in [1.54, 1.807) is 12.1 Å². The summed E-state index contributed by atoms with van der Waals surface area (Å²) in [5, 5.41) is 3.33. The molecule has 2 rings (SSSR count). The fraction of sp³-hybridized carbons (Fsp3) is 0.455. The monoisotopic (exact) mass is 321 g/mol. The summed E-state index contributed by atoms with van der Waals surface area (Å²) in [6, 6.07) is 6.86. The molecule has 0 unspecified atom stereocenters. The number of hydrogen-bond donors (Lipinski definition) is 1. The lowest BCUT2D eigenvalue weighted by atomic mass is 10.2. The van der Waals surface area contributed by atoms with Gasteiger partial charge in [-0.25, -0.2) is 4.39 Å². The topological polar surface area (TPSA) is 12.0 Å². The van der Waals surface area contributed by atoms with Gasteiger partial charge in [-0.05, 0) is 12.1 Å². The Hall–Kier alpha value is -0.200. The number of halogens is 2. The maximum Gasteiger partial charge on any atom is 0.132 e. The summed E-state index contributed by atoms with van der Waals surface area (Å²) in [5.74, 6) is -0.157. The molecule has 0 saturated carbocycles. The van der Waals surface area contributed by atoms with Gasteiger partial charge in [-0.3, -0.25) is 4.48 Å². The van der Waals surface area contributed by atoms with E-state index >= 15 is 0 Å². The molecule has 1 aliphatic heterocycles. The van der Waals surface area contributed by atoms with Crippen molar-refractivity contribution < 1.29 is 28.4 Å². The Kier molecular flexibility index (Phi) is 4.48. The molecular formula is C11H16FIN2. The molecule has 1 N–H and O–H groups in total. The zero-order chi connectivity index (χ0) is 10.0. The third kappa shape index (κ3) is 2.89. The number of rotatable bonds is 1. The number of nitrogens with zero attached hydrogens (tertiary/aromatic N) is 1. The minimum atomic E-state index is -0.157. The van der Waals surface area contributed by atoms with Gasteiger partial charge in [0.1, 0.15) is 11.5 Å². The molecule has 84 valence electrons. The van der Waals surface area contributed by atoms with Crippen molar-refractivity contribution in [1.29, 1.82) is 0 Å². The van der Waals surface area contributed by atoms with Crippen LogP contribution in [0.2, 0.25) is 0 Å². The quantitative estimate of drug-likeness (QED) is 0.484. The van der Waals surface area contributed by atoms with E-state index in [1.807, 2.05) is 12.1 Å². The Bertz CT molecular complexity index is 307. The molecule has 0 bridgehead atoms. The van der Waals surface area contributed by atoms with E-state index < -0.39 is 0 Å². The Morgan fingerprint density at radius 2 is 1.67 bits per heavy atom. The van der Waals surface area contributed by atoms with Crippen molar-refractivity contribution in [3.8, 4) is 0 Å². The lowest BCUT2D eigenvalue weighted by Crippen LogP contribution is -3.00. The van der Waals surface area contributed by atoms with Gasteiger partial charge in [0.2, 0.25) is 0 Å². The predicted octanol–water partition coefficient (Wildman–Crippen LogP) is -1.63. The second-order valence-corrected chi connectivity index (χ2v) is 4.07. The molecule has 1 aromatic rings. The largest absolute Gasteiger partial charge is 1.00 e. The first-order chi connectivity index (χ1) is 6.71. The SMILES string of the molecule is C[N+]1(c2ccc([18F])cc2)CCNCC1.[I-]. The first-order valence-electron chi connectivity index (χ1n) is 5.02. The Balaban J connectivity index is 0.00000112. The maximum atomic E-state index is 12.8. The number of likely N-dealkylation sites (N-methyl/N-ethyl adjacent to an activating group) is 1. The maximum absolute atomic E-state index is 12.8. The van der Waals surface area contributed by atoms with Gasteiger partial charge < -0.3 is 29.3 Å². The van der Waals surface area contributed by atoms with Gasteiger partial charge in [-0.1, -0.05) is 0 Å². The van der Waals surface area contributed by atoms with Crippen LogP contribution in [-0.2, 0) is 0 Å². The highest BCUT2D eigenvalue weighted by atomic mass is 127. The third-order valence-electron chi connectivity index (χ3n) is 3.01. The van der Waals surface area contributed by atoms with Crippen LogP contribution in [0, 0.1) is 5.82 Å². The minimum absolute atomic E-state index is 0. The molecule has 1 aromatic carbocycles. The zero-order valence-electron chi connectivity index (χ0n) is 8.84. The molecule has 0 amide bonds. The van der Waals surface area contributed by atoms with Crippen molar-refractivity contribution in [1.82, 2.24) is 9.80 Å². The molecule has 0 aliphatic carbocycles. The lowest BCUT2D eigenvalue weighted by Gasteiger charge is -2.37. The van der Waals surface area contributed by atoms with E-state index in [0.29, 0.717) is 0 Å². The van der Waals surface area contributed by atoms with Gasteiger partial charge in [0.05, 0.1) is 20.1 Å². The number of piperazine rings is 1. The number of hydrogen-bond acceptors (Lipinski definition) is 1. The molecule has 0 atom stereocenters. The van der Waals surface area contributed by atoms with Crippen LogP contribution in [0.4, 0.5) is 10.1 Å². The Morgan fingerprint density at radius 1 is 1.13 bits per heavy atom. The average Bonchev–Trinajstić information content (AvgIpc) is 2.19. The smallest absolute Gasteiger partial charge is 0.132 e. The minimum Gasteiger partial charge on any atom is -1.00 e. The van der Waals surface area contributed by atoms with Crippen molar-refractivity contribution in [3.05, 3.63) is 30.1 Å². The molecule has 1 fully saturated rings. The molecule has 1 saturated heterocycles. The van der Waals surface area contributed by atoms with Crippen LogP contribution in [0.3, 0.4) is 0 Å². The molecule has 0 aromatic heterocycles. The fourth-order valence-corrected chi connectivity index (χ4v) is 1.95. The van der Waals surface area contributed by atoms with Crippen molar-refractivity contribution in [2.24, 2.45) is 0 Å². The van der Waals surface area contributed by atoms with Crippen LogP contribution < -0.4 is 33.8 Å². The van der Waals surface area contributed by atoms with Crippen LogP contribution in [0.1, 0.15) is 0 Å². The first-order valence-corrected chi connectivity index (χ1v) is 5.02. The molecule has 1 aliphatic rings. The molecule has 0 spiro atoms. The fourth-order valence-electron chi connectivity index (χ4n) is 1.95. The van der Waals surface area contributed by atoms with E-state index in [1.165, 1.54) is 5.69 Å². The molecule has 1 heterocycles. The molecule has 4 heteroatoms. The first kappa shape index (κ1) is 12.9. The number of quaternary nitrogens is 1. The van der Waals surface area contributed by atoms with Crippen LogP contribution >= 0.6 is 0 Å². The summed E-state index contributed by atoms with van der Waals surface area (Å²) in [7, 11) is 2.20. The van der Waals surface area contributed by atoms with Gasteiger partial charge in [-0.15, -0.1) is 0 Å². The Morgan fingerprint density at radius 3 is 2.20 bits per heavy atom. The predicted molar refractivity (Wildman–Crippen MR) is 56.7 cm³/mol. The molecule has 2 nitrogen and oxygen atoms in total. The van der Waals surface area contributed by atoms with Crippen molar-refractivity contribution in [3.63, 3.8) is 0 Å². The van der Waals surface area contributed by atoms with E-state index in [2.05, 4.69) is 12.4 Å². The second-order valence-electron chi connectivity index (χ2n) is 4.07. The van der Waals surface area contributed by atoms with Crippen LogP contribution in [0.15, 0.2) is 24.3 Å². The van der Waals surface area contributed by atoms with Crippen molar-refractivity contribution >= 4 is 5.69 Å². The van der Waals surface area contributed by atoms with Gasteiger partial charge in [-0.2, -0.15) is 0 Å². The van der Waals surface area contributed by atoms with Crippen molar-refractivity contribution in [2.75, 3.05) is 33.2 Å². The summed E-state index contributed by atoms with van der Waals surface area (Å²) in [4.78, 5) is 0. The van der Waals surface area contributed by atoms with Gasteiger partial charge in [0, 0.05) is 25.2 Å². The van der Waals surface area contributed by atoms with Gasteiger partial charge >= 0.3 is 0 Å². The van der Waals surface area contributed by atoms with Crippen molar-refractivity contribution in [2.45, 2.75) is 0 Å². The summed E-state index contributed by atoms with van der Waals surface area (Å²) in [6.45, 7) is 4.22. The highest BCUT2D eigenvalue weighted by molar-refractivity contribution is 5.42. The van der Waals surface area contributed by atoms with E-state index in [0.717, 1.165) is 30.7 Å². The highest BCUT2D eigenvalue weighted by Gasteiger charge is 2.26. The van der Waals surface area contributed by atoms with Gasteiger partial charge in [0.25, 0.3) is 0 Å². The Labute approximate surface area is 107 Å².